The van der Waals surface area contributed by atoms with Crippen LogP contribution in [-0.2, 0) is 14.6 Å². The van der Waals surface area contributed by atoms with Crippen LogP contribution in [0.2, 0.25) is 10.0 Å². The van der Waals surface area contributed by atoms with Crippen LogP contribution >= 0.6 is 23.2 Å². The second-order valence-electron chi connectivity index (χ2n) is 10.8. The van der Waals surface area contributed by atoms with Crippen molar-refractivity contribution in [2.75, 3.05) is 21.7 Å². The fourth-order valence-electron chi connectivity index (χ4n) is 4.62. The van der Waals surface area contributed by atoms with Gasteiger partial charge >= 0.3 is 6.03 Å². The molecule has 3 amide bonds. The van der Waals surface area contributed by atoms with E-state index in [9.17, 15) is 27.5 Å². The van der Waals surface area contributed by atoms with Crippen LogP contribution in [0, 0.1) is 11.7 Å². The molecule has 0 saturated carbocycles. The molecule has 1 atom stereocenters. The Balaban J connectivity index is 1.94. The van der Waals surface area contributed by atoms with Gasteiger partial charge in [-0.15, -0.1) is 0 Å². The number of unbranched alkanes of at least 4 members (excludes halogenated alkanes) is 9. The first-order valence-corrected chi connectivity index (χ1v) is 16.9. The molecule has 0 fully saturated rings. The number of carbonyl (C=O) groups excluding carboxylic acids is 2. The standard InChI is InChI=1S/C30H42Cl2FN3O5S/c1-4-5-6-7-8-9-10-11-12-13-16-42(40,41)28(20(2)3)29(38)35-25-19-27(37)26(18-24(25)33)36-30(39)34-21-14-15-22(31)23(32)17-21/h14-15,17-20,28,37H,4-13,16H2,1-3H3,(H,35,38)(H2,34,36,39). The van der Waals surface area contributed by atoms with E-state index in [-0.39, 0.29) is 16.5 Å². The molecule has 0 spiro atoms. The lowest BCUT2D eigenvalue weighted by molar-refractivity contribution is -0.116. The Labute approximate surface area is 258 Å². The normalized spacial score (nSPS) is 12.3. The molecule has 8 nitrogen and oxygen atoms in total. The van der Waals surface area contributed by atoms with Crippen molar-refractivity contribution in [3.8, 4) is 5.75 Å². The quantitative estimate of drug-likeness (QED) is 0.101. The summed E-state index contributed by atoms with van der Waals surface area (Å²) in [5, 5.41) is 16.6. The van der Waals surface area contributed by atoms with Crippen LogP contribution in [0.1, 0.15) is 85.0 Å². The number of rotatable bonds is 17. The largest absolute Gasteiger partial charge is 0.506 e. The third kappa shape index (κ3) is 11.6. The Kier molecular flexibility index (Phi) is 14.9. The van der Waals surface area contributed by atoms with Crippen LogP contribution in [0.4, 0.5) is 26.2 Å². The van der Waals surface area contributed by atoms with Crippen LogP contribution < -0.4 is 16.0 Å². The summed E-state index contributed by atoms with van der Waals surface area (Å²) in [6.45, 7) is 5.42. The Morgan fingerprint density at radius 3 is 2.00 bits per heavy atom. The molecule has 0 bridgehead atoms. The zero-order valence-corrected chi connectivity index (χ0v) is 26.8. The number of amides is 3. The molecule has 12 heteroatoms. The van der Waals surface area contributed by atoms with Gasteiger partial charge in [-0.05, 0) is 30.5 Å². The number of carbonyl (C=O) groups is 2. The lowest BCUT2D eigenvalue weighted by Crippen LogP contribution is -2.40. The Morgan fingerprint density at radius 1 is 0.833 bits per heavy atom. The van der Waals surface area contributed by atoms with Crippen LogP contribution in [-0.4, -0.2) is 36.5 Å². The van der Waals surface area contributed by atoms with Crippen molar-refractivity contribution in [2.45, 2.75) is 90.2 Å². The van der Waals surface area contributed by atoms with Crippen LogP contribution in [0.15, 0.2) is 30.3 Å². The van der Waals surface area contributed by atoms with Gasteiger partial charge in [-0.1, -0.05) is 102 Å². The minimum Gasteiger partial charge on any atom is -0.506 e. The van der Waals surface area contributed by atoms with Gasteiger partial charge in [0.1, 0.15) is 16.8 Å². The van der Waals surface area contributed by atoms with Gasteiger partial charge in [-0.25, -0.2) is 17.6 Å². The summed E-state index contributed by atoms with van der Waals surface area (Å²) in [4.78, 5) is 25.3. The number of sulfone groups is 1. The zero-order chi connectivity index (χ0) is 31.3. The van der Waals surface area contributed by atoms with E-state index in [0.717, 1.165) is 37.8 Å². The van der Waals surface area contributed by atoms with Gasteiger partial charge in [0.2, 0.25) is 5.91 Å². The van der Waals surface area contributed by atoms with E-state index >= 15 is 0 Å². The maximum Gasteiger partial charge on any atom is 0.323 e. The summed E-state index contributed by atoms with van der Waals surface area (Å²) in [7, 11) is -3.81. The summed E-state index contributed by atoms with van der Waals surface area (Å²) in [5.74, 6) is -3.08. The minimum absolute atomic E-state index is 0.135. The Hall–Kier alpha value is -2.56. The second-order valence-corrected chi connectivity index (χ2v) is 13.8. The van der Waals surface area contributed by atoms with Crippen molar-refractivity contribution in [1.29, 1.82) is 0 Å². The van der Waals surface area contributed by atoms with Gasteiger partial charge in [0.15, 0.2) is 9.84 Å². The summed E-state index contributed by atoms with van der Waals surface area (Å²) in [6, 6.07) is 5.34. The lowest BCUT2D eigenvalue weighted by atomic mass is 10.1. The van der Waals surface area contributed by atoms with E-state index in [1.807, 2.05) is 0 Å². The first-order valence-electron chi connectivity index (χ1n) is 14.4. The van der Waals surface area contributed by atoms with Crippen LogP contribution in [0.25, 0.3) is 0 Å². The van der Waals surface area contributed by atoms with E-state index in [2.05, 4.69) is 22.9 Å². The van der Waals surface area contributed by atoms with Gasteiger partial charge in [-0.2, -0.15) is 0 Å². The molecule has 42 heavy (non-hydrogen) atoms. The molecule has 0 radical (unpaired) electrons. The van der Waals surface area contributed by atoms with Crippen LogP contribution in [0.5, 0.6) is 5.75 Å². The number of halogens is 3. The van der Waals surface area contributed by atoms with E-state index in [4.69, 9.17) is 23.2 Å². The third-order valence-corrected chi connectivity index (χ3v) is 9.93. The molecule has 2 aromatic rings. The van der Waals surface area contributed by atoms with Crippen molar-refractivity contribution in [3.05, 3.63) is 46.2 Å². The smallest absolute Gasteiger partial charge is 0.323 e. The molecule has 2 aromatic carbocycles. The molecule has 4 N–H and O–H groups in total. The molecule has 0 heterocycles. The molecule has 0 aliphatic rings. The van der Waals surface area contributed by atoms with Gasteiger partial charge in [0.25, 0.3) is 0 Å². The number of phenolic OH excluding ortho intramolecular Hbond substituents is 1. The molecule has 0 aliphatic carbocycles. The minimum atomic E-state index is -3.81. The predicted octanol–water partition coefficient (Wildman–Crippen LogP) is 8.78. The molecule has 0 aliphatic heterocycles. The number of benzene rings is 2. The fraction of sp³-hybridized carbons (Fsp3) is 0.533. The highest BCUT2D eigenvalue weighted by Gasteiger charge is 2.35. The highest BCUT2D eigenvalue weighted by atomic mass is 35.5. The average Bonchev–Trinajstić information content (AvgIpc) is 2.89. The van der Waals surface area contributed by atoms with Crippen molar-refractivity contribution in [3.63, 3.8) is 0 Å². The lowest BCUT2D eigenvalue weighted by Gasteiger charge is -2.21. The van der Waals surface area contributed by atoms with Gasteiger partial charge < -0.3 is 21.1 Å². The SMILES string of the molecule is CCCCCCCCCCCCS(=O)(=O)C(C(=O)Nc1cc(O)c(NC(=O)Nc2ccc(Cl)c(Cl)c2)cc1F)C(C)C. The summed E-state index contributed by atoms with van der Waals surface area (Å²) in [5.41, 5.74) is -0.366. The second kappa shape index (κ2) is 17.5. The molecular weight excluding hydrogens is 604 g/mol. The number of phenols is 1. The van der Waals surface area contributed by atoms with Gasteiger partial charge in [-0.3, -0.25) is 4.79 Å². The first-order chi connectivity index (χ1) is 19.9. The van der Waals surface area contributed by atoms with Gasteiger partial charge in [0, 0.05) is 17.8 Å². The number of hydrogen-bond acceptors (Lipinski definition) is 5. The van der Waals surface area contributed by atoms with E-state index in [0.29, 0.717) is 17.1 Å². The van der Waals surface area contributed by atoms with Gasteiger partial charge in [0.05, 0.1) is 27.2 Å². The van der Waals surface area contributed by atoms with Crippen molar-refractivity contribution >= 4 is 62.0 Å². The number of nitrogens with one attached hydrogen (secondary N) is 3. The zero-order valence-electron chi connectivity index (χ0n) is 24.4. The highest BCUT2D eigenvalue weighted by molar-refractivity contribution is 7.92. The maximum absolute atomic E-state index is 14.9. The summed E-state index contributed by atoms with van der Waals surface area (Å²) >= 11 is 11.8. The summed E-state index contributed by atoms with van der Waals surface area (Å²) in [6.07, 6.45) is 10.5. The highest BCUT2D eigenvalue weighted by Crippen LogP contribution is 2.31. The van der Waals surface area contributed by atoms with Crippen LogP contribution in [0.3, 0.4) is 0 Å². The monoisotopic (exact) mass is 645 g/mol. The molecule has 2 rings (SSSR count). The predicted molar refractivity (Wildman–Crippen MR) is 170 cm³/mol. The average molecular weight is 647 g/mol. The molecule has 1 unspecified atom stereocenters. The molecule has 0 saturated heterocycles. The molecular formula is C30H42Cl2FN3O5S. The molecule has 234 valence electrons. The Morgan fingerprint density at radius 2 is 1.43 bits per heavy atom. The third-order valence-electron chi connectivity index (χ3n) is 6.80. The fourth-order valence-corrected chi connectivity index (χ4v) is 6.99. The van der Waals surface area contributed by atoms with E-state index in [1.165, 1.54) is 50.3 Å². The van der Waals surface area contributed by atoms with E-state index in [1.54, 1.807) is 13.8 Å². The van der Waals surface area contributed by atoms with Crippen molar-refractivity contribution in [2.24, 2.45) is 5.92 Å². The number of anilines is 3. The Bertz CT molecular complexity index is 1310. The number of hydrogen-bond donors (Lipinski definition) is 4. The number of urea groups is 1. The number of aromatic hydroxyl groups is 1. The first kappa shape index (κ1) is 35.6. The van der Waals surface area contributed by atoms with Crippen molar-refractivity contribution in [1.82, 2.24) is 0 Å². The van der Waals surface area contributed by atoms with Crippen molar-refractivity contribution < 1.29 is 27.5 Å². The molecule has 0 aromatic heterocycles. The van der Waals surface area contributed by atoms with E-state index < -0.39 is 50.2 Å². The topological polar surface area (TPSA) is 125 Å². The summed E-state index contributed by atoms with van der Waals surface area (Å²) < 4.78 is 41.0. The maximum atomic E-state index is 14.9.